The third kappa shape index (κ3) is 21.1. The monoisotopic (exact) mass is 749 g/mol. The fourth-order valence-corrected chi connectivity index (χ4v) is 4.02. The van der Waals surface area contributed by atoms with Crippen molar-refractivity contribution in [2.75, 3.05) is 25.0 Å². The molecule has 0 aromatic carbocycles. The van der Waals surface area contributed by atoms with Crippen LogP contribution in [0, 0.1) is 11.8 Å². The lowest BCUT2D eigenvalue weighted by Crippen LogP contribution is -2.53. The number of ether oxygens (including phenoxy) is 2. The van der Waals surface area contributed by atoms with Gasteiger partial charge in [0.15, 0.2) is 6.29 Å². The highest BCUT2D eigenvalue weighted by molar-refractivity contribution is 6.67. The molecule has 280 valence electrons. The van der Waals surface area contributed by atoms with Gasteiger partial charge >= 0.3 is 12.2 Å². The van der Waals surface area contributed by atoms with E-state index in [1.807, 2.05) is 74.4 Å². The minimum Gasteiger partial charge on any atom is -0.467 e. The Kier molecular flexibility index (Phi) is 20.9. The number of rotatable bonds is 7. The first kappa shape index (κ1) is 46.2. The largest absolute Gasteiger partial charge is 0.467 e. The topological polar surface area (TPSA) is 136 Å². The van der Waals surface area contributed by atoms with Crippen LogP contribution >= 0.6 is 34.8 Å². The molecule has 0 unspecified atom stereocenters. The summed E-state index contributed by atoms with van der Waals surface area (Å²) in [6.45, 7) is 25.2. The maximum atomic E-state index is 12.2. The summed E-state index contributed by atoms with van der Waals surface area (Å²) in [5.74, 6) is 3.11. The van der Waals surface area contributed by atoms with Crippen LogP contribution in [0.4, 0.5) is 15.4 Å². The van der Waals surface area contributed by atoms with Crippen LogP contribution in [0.5, 0.6) is 0 Å². The Balaban J connectivity index is 0.000000798. The van der Waals surface area contributed by atoms with Gasteiger partial charge in [0.25, 0.3) is 0 Å². The van der Waals surface area contributed by atoms with Crippen molar-refractivity contribution in [3.63, 3.8) is 0 Å². The highest BCUT2D eigenvalue weighted by atomic mass is 35.6. The van der Waals surface area contributed by atoms with Crippen molar-refractivity contribution in [3.8, 4) is 0 Å². The third-order valence-electron chi connectivity index (χ3n) is 6.44. The highest BCUT2D eigenvalue weighted by Gasteiger charge is 2.32. The summed E-state index contributed by atoms with van der Waals surface area (Å²) in [6.07, 6.45) is 4.85. The van der Waals surface area contributed by atoms with Crippen LogP contribution in [0.15, 0.2) is 29.0 Å². The van der Waals surface area contributed by atoms with E-state index < -0.39 is 21.6 Å². The number of piperidine rings is 1. The molecule has 2 atom stereocenters. The van der Waals surface area contributed by atoms with E-state index in [-0.39, 0.29) is 24.0 Å². The van der Waals surface area contributed by atoms with Gasteiger partial charge in [0.05, 0.1) is 24.4 Å². The molecule has 11 nitrogen and oxygen atoms in total. The molecule has 0 aliphatic carbocycles. The van der Waals surface area contributed by atoms with Gasteiger partial charge in [0.1, 0.15) is 29.6 Å². The van der Waals surface area contributed by atoms with Gasteiger partial charge in [-0.25, -0.2) is 19.6 Å². The van der Waals surface area contributed by atoms with E-state index in [2.05, 4.69) is 41.4 Å². The Hall–Kier alpha value is -2.76. The number of likely N-dealkylation sites (tertiary alicyclic amines) is 1. The van der Waals surface area contributed by atoms with Gasteiger partial charge in [0.2, 0.25) is 3.79 Å². The molecule has 0 bridgehead atoms. The maximum Gasteiger partial charge on any atom is 0.410 e. The van der Waals surface area contributed by atoms with E-state index in [0.29, 0.717) is 36.8 Å². The quantitative estimate of drug-likeness (QED) is 0.209. The van der Waals surface area contributed by atoms with Crippen LogP contribution < -0.4 is 10.6 Å². The summed E-state index contributed by atoms with van der Waals surface area (Å²) in [4.78, 5) is 45.1. The number of alkyl halides is 3. The minimum absolute atomic E-state index is 0.164. The summed E-state index contributed by atoms with van der Waals surface area (Å²) in [7, 11) is 0. The van der Waals surface area contributed by atoms with Crippen molar-refractivity contribution < 1.29 is 28.3 Å². The van der Waals surface area contributed by atoms with E-state index in [1.54, 1.807) is 17.4 Å². The van der Waals surface area contributed by atoms with Crippen molar-refractivity contribution in [3.05, 3.63) is 41.7 Å². The van der Waals surface area contributed by atoms with E-state index in [9.17, 15) is 14.4 Å². The van der Waals surface area contributed by atoms with Crippen LogP contribution in [0.25, 0.3) is 0 Å². The number of anilines is 1. The molecule has 1 saturated heterocycles. The first-order valence-corrected chi connectivity index (χ1v) is 17.8. The van der Waals surface area contributed by atoms with Gasteiger partial charge in [-0.3, -0.25) is 4.79 Å². The lowest BCUT2D eigenvalue weighted by molar-refractivity contribution is 0.0134. The van der Waals surface area contributed by atoms with Crippen molar-refractivity contribution in [2.45, 2.75) is 123 Å². The second-order valence-corrected chi connectivity index (χ2v) is 16.4. The van der Waals surface area contributed by atoms with Crippen LogP contribution in [0.1, 0.15) is 118 Å². The lowest BCUT2D eigenvalue weighted by Gasteiger charge is -2.37. The van der Waals surface area contributed by atoms with E-state index in [1.165, 1.54) is 6.42 Å². The van der Waals surface area contributed by atoms with Crippen LogP contribution in [-0.4, -0.2) is 68.5 Å². The first-order valence-electron chi connectivity index (χ1n) is 16.7. The lowest BCUT2D eigenvalue weighted by atomic mass is 9.95. The standard InChI is InChI=1S/C14H23Cl3N2O4.C14H17N3O2.C5H12.C2H6/c1-9-5-10(18-11(20)22-8-14(15,16)17)7-19(6-9)12(21)23-13(2,3)4;1-14(2,3)13-16-7-10(9-18)12(17-13)15-8-11-5-4-6-19-11;1-4-5(2)3;1-2/h9-10H,5-8H2,1-4H3,(H,18,20);4-7,9H,8H2,1-3H3,(H,15,16,17);5H,4H2,1-3H3;1-2H3/t9-,10+;;;/m0.../s1. The molecule has 2 N–H and O–H groups in total. The van der Waals surface area contributed by atoms with Gasteiger partial charge < -0.3 is 29.4 Å². The summed E-state index contributed by atoms with van der Waals surface area (Å²) in [5, 5.41) is 5.79. The molecule has 1 aliphatic heterocycles. The molecule has 49 heavy (non-hydrogen) atoms. The van der Waals surface area contributed by atoms with E-state index in [0.717, 1.165) is 24.4 Å². The third-order valence-corrected chi connectivity index (χ3v) is 6.77. The molecular weight excluding hydrogens is 693 g/mol. The Bertz CT molecular complexity index is 1240. The molecule has 2 aromatic heterocycles. The zero-order valence-electron chi connectivity index (χ0n) is 31.3. The Labute approximate surface area is 308 Å². The fraction of sp³-hybridized carbons (Fsp3) is 0.686. The number of carbonyl (C=O) groups is 3. The average molecular weight is 751 g/mol. The number of nitrogens with zero attached hydrogens (tertiary/aromatic N) is 3. The first-order chi connectivity index (χ1) is 22.6. The predicted octanol–water partition coefficient (Wildman–Crippen LogP) is 9.60. The number of aldehydes is 1. The summed E-state index contributed by atoms with van der Waals surface area (Å²) in [5.41, 5.74) is -0.286. The normalized spacial score (nSPS) is 16.0. The van der Waals surface area contributed by atoms with Crippen molar-refractivity contribution in [2.24, 2.45) is 11.8 Å². The molecule has 1 fully saturated rings. The van der Waals surface area contributed by atoms with Gasteiger partial charge in [-0.15, -0.1) is 0 Å². The summed E-state index contributed by atoms with van der Waals surface area (Å²) < 4.78 is 13.8. The van der Waals surface area contributed by atoms with Gasteiger partial charge in [-0.1, -0.05) is 104 Å². The Morgan fingerprint density at radius 2 is 1.73 bits per heavy atom. The number of nitrogens with one attached hydrogen (secondary N) is 2. The number of halogens is 3. The molecule has 0 saturated carbocycles. The molecule has 0 radical (unpaired) electrons. The SMILES string of the molecule is CC.CC(C)(C)c1ncc(C=O)c(NCc2ccco2)n1.CCC(C)C.C[C@H]1C[C@@H](NC(=O)OCC(Cl)(Cl)Cl)CN(C(=O)OC(C)(C)C)C1. The molecule has 2 aromatic rings. The number of carbonyl (C=O) groups excluding carboxylic acids is 3. The average Bonchev–Trinajstić information content (AvgIpc) is 3.52. The van der Waals surface area contributed by atoms with Gasteiger partial charge in [-0.05, 0) is 51.2 Å². The number of hydrogen-bond donors (Lipinski definition) is 2. The molecule has 1 aliphatic rings. The minimum atomic E-state index is -1.65. The van der Waals surface area contributed by atoms with Crippen molar-refractivity contribution in [1.82, 2.24) is 20.2 Å². The molecule has 3 heterocycles. The Morgan fingerprint density at radius 1 is 1.12 bits per heavy atom. The number of hydrogen-bond acceptors (Lipinski definition) is 9. The smallest absolute Gasteiger partial charge is 0.410 e. The number of aromatic nitrogens is 2. The Morgan fingerprint density at radius 3 is 2.20 bits per heavy atom. The fourth-order valence-electron chi connectivity index (χ4n) is 3.85. The van der Waals surface area contributed by atoms with E-state index >= 15 is 0 Å². The summed E-state index contributed by atoms with van der Waals surface area (Å²) in [6, 6.07) is 3.44. The van der Waals surface area contributed by atoms with Gasteiger partial charge in [0, 0.05) is 24.7 Å². The molecule has 0 spiro atoms. The van der Waals surface area contributed by atoms with E-state index in [4.69, 9.17) is 48.7 Å². The zero-order valence-corrected chi connectivity index (χ0v) is 33.6. The highest BCUT2D eigenvalue weighted by Crippen LogP contribution is 2.26. The predicted molar refractivity (Wildman–Crippen MR) is 199 cm³/mol. The maximum absolute atomic E-state index is 12.2. The van der Waals surface area contributed by atoms with Gasteiger partial charge in [-0.2, -0.15) is 0 Å². The number of furan rings is 1. The second kappa shape index (κ2) is 22.1. The zero-order chi connectivity index (χ0) is 38.0. The number of alkyl carbamates (subject to hydrolysis) is 1. The molecule has 2 amide bonds. The van der Waals surface area contributed by atoms with Crippen LogP contribution in [0.3, 0.4) is 0 Å². The van der Waals surface area contributed by atoms with Crippen molar-refractivity contribution in [1.29, 1.82) is 0 Å². The molecular formula is C35H58Cl3N5O6. The van der Waals surface area contributed by atoms with Crippen molar-refractivity contribution >= 4 is 59.1 Å². The summed E-state index contributed by atoms with van der Waals surface area (Å²) >= 11 is 16.6. The molecule has 14 heteroatoms. The number of amides is 2. The molecule has 3 rings (SSSR count). The second-order valence-electron chi connectivity index (χ2n) is 13.9. The van der Waals surface area contributed by atoms with Crippen LogP contribution in [-0.2, 0) is 21.4 Å². The van der Waals surface area contributed by atoms with Crippen LogP contribution in [0.2, 0.25) is 0 Å².